The number of rotatable bonds is 8. The summed E-state index contributed by atoms with van der Waals surface area (Å²) in [5.74, 6) is 0. The Bertz CT molecular complexity index is 3590. The molecule has 0 atom stereocenters. The molecule has 12 rings (SSSR count). The van der Waals surface area contributed by atoms with Crippen LogP contribution in [0.2, 0.25) is 0 Å². The van der Waals surface area contributed by atoms with Crippen LogP contribution in [0.1, 0.15) is 0 Å². The van der Waals surface area contributed by atoms with Crippen molar-refractivity contribution in [2.45, 2.75) is 0 Å². The van der Waals surface area contributed by atoms with E-state index in [1.165, 1.54) is 91.8 Å². The smallest absolute Gasteiger partial charge is 0.0473 e. The summed E-state index contributed by atoms with van der Waals surface area (Å²) in [5, 5.41) is 7.55. The predicted molar refractivity (Wildman–Crippen MR) is 276 cm³/mol. The molecule has 1 aromatic heterocycles. The van der Waals surface area contributed by atoms with E-state index in [0.717, 1.165) is 22.6 Å². The second kappa shape index (κ2) is 16.0. The fourth-order valence-electron chi connectivity index (χ4n) is 9.64. The molecule has 0 unspecified atom stereocenters. The molecule has 0 aliphatic heterocycles. The van der Waals surface area contributed by atoms with Gasteiger partial charge in [0.05, 0.1) is 0 Å². The van der Waals surface area contributed by atoms with Crippen molar-refractivity contribution in [2.24, 2.45) is 0 Å². The van der Waals surface area contributed by atoms with E-state index in [9.17, 15) is 0 Å². The highest BCUT2D eigenvalue weighted by Crippen LogP contribution is 2.47. The zero-order valence-electron chi connectivity index (χ0n) is 35.0. The van der Waals surface area contributed by atoms with E-state index in [1.807, 2.05) is 11.3 Å². The van der Waals surface area contributed by atoms with Gasteiger partial charge in [-0.1, -0.05) is 188 Å². The number of hydrogen-bond donors (Lipinski definition) is 0. The maximum atomic E-state index is 2.45. The fraction of sp³-hybridized carbons (Fsp3) is 0. The Morgan fingerprint density at radius 2 is 0.688 bits per heavy atom. The lowest BCUT2D eigenvalue weighted by atomic mass is 9.84. The highest BCUT2D eigenvalue weighted by Gasteiger charge is 2.21. The summed E-state index contributed by atoms with van der Waals surface area (Å²) in [6.07, 6.45) is 0. The third kappa shape index (κ3) is 6.73. The van der Waals surface area contributed by atoms with Gasteiger partial charge in [-0.25, -0.2) is 0 Å². The Balaban J connectivity index is 1.09. The Hall–Kier alpha value is -8.04. The first-order chi connectivity index (χ1) is 31.7. The molecule has 0 saturated carbocycles. The molecule has 0 aliphatic rings. The van der Waals surface area contributed by atoms with Crippen LogP contribution in [0.5, 0.6) is 0 Å². The van der Waals surface area contributed by atoms with Crippen molar-refractivity contribution in [2.75, 3.05) is 4.90 Å². The first kappa shape index (κ1) is 37.7. The molecule has 300 valence electrons. The second-order valence-corrected chi connectivity index (χ2v) is 17.5. The summed E-state index contributed by atoms with van der Waals surface area (Å²) in [6, 6.07) is 91.1. The predicted octanol–water partition coefficient (Wildman–Crippen LogP) is 18.2. The molecule has 1 nitrogen and oxygen atoms in total. The molecule has 11 aromatic carbocycles. The molecule has 0 radical (unpaired) electrons. The minimum atomic E-state index is 1.09. The van der Waals surface area contributed by atoms with E-state index in [4.69, 9.17) is 0 Å². The molecule has 0 bridgehead atoms. The molecular weight excluding hydrogens is 791 g/mol. The summed E-state index contributed by atoms with van der Waals surface area (Å²) < 4.78 is 2.59. The SMILES string of the molecule is c1ccc(-c2cc(-c3ccccc3)cc(N(c3cccc(-c4ccc5c(c4)c(-c4ccccc4)c(-c4ccccc4)c4ccccc45)c3)c3ccc4sc5ccccc5c4c3)c2)cc1. The number of thiophene rings is 1. The minimum Gasteiger partial charge on any atom is -0.310 e. The Labute approximate surface area is 377 Å². The van der Waals surface area contributed by atoms with E-state index in [0.29, 0.717) is 0 Å². The molecule has 1 heterocycles. The van der Waals surface area contributed by atoms with Gasteiger partial charge in [0, 0.05) is 37.2 Å². The average molecular weight is 832 g/mol. The lowest BCUT2D eigenvalue weighted by molar-refractivity contribution is 1.29. The Morgan fingerprint density at radius 3 is 1.34 bits per heavy atom. The van der Waals surface area contributed by atoms with Crippen molar-refractivity contribution in [1.82, 2.24) is 0 Å². The van der Waals surface area contributed by atoms with Crippen molar-refractivity contribution in [3.63, 3.8) is 0 Å². The Kier molecular flexibility index (Phi) is 9.43. The number of benzene rings is 11. The average Bonchev–Trinajstić information content (AvgIpc) is 3.75. The van der Waals surface area contributed by atoms with Crippen molar-refractivity contribution in [3.05, 3.63) is 249 Å². The zero-order chi connectivity index (χ0) is 42.4. The summed E-state index contributed by atoms with van der Waals surface area (Å²) in [4.78, 5) is 2.45. The summed E-state index contributed by atoms with van der Waals surface area (Å²) in [6.45, 7) is 0. The van der Waals surface area contributed by atoms with Gasteiger partial charge in [-0.15, -0.1) is 11.3 Å². The van der Waals surface area contributed by atoms with E-state index >= 15 is 0 Å². The number of nitrogens with zero attached hydrogens (tertiary/aromatic N) is 1. The van der Waals surface area contributed by atoms with Crippen LogP contribution in [0, 0.1) is 0 Å². The van der Waals surface area contributed by atoms with Gasteiger partial charge in [0.2, 0.25) is 0 Å². The normalized spacial score (nSPS) is 11.4. The third-order valence-electron chi connectivity index (χ3n) is 12.6. The molecule has 64 heavy (non-hydrogen) atoms. The van der Waals surface area contributed by atoms with Gasteiger partial charge in [-0.2, -0.15) is 0 Å². The fourth-order valence-corrected chi connectivity index (χ4v) is 10.7. The van der Waals surface area contributed by atoms with Gasteiger partial charge in [0.15, 0.2) is 0 Å². The summed E-state index contributed by atoms with van der Waals surface area (Å²) in [5.41, 5.74) is 15.3. The van der Waals surface area contributed by atoms with Gasteiger partial charge in [-0.05, 0) is 138 Å². The van der Waals surface area contributed by atoms with Crippen molar-refractivity contribution < 1.29 is 0 Å². The van der Waals surface area contributed by atoms with Crippen LogP contribution in [0.15, 0.2) is 249 Å². The van der Waals surface area contributed by atoms with Crippen LogP contribution < -0.4 is 4.90 Å². The number of anilines is 3. The van der Waals surface area contributed by atoms with Crippen LogP contribution in [-0.4, -0.2) is 0 Å². The molecule has 2 heteroatoms. The van der Waals surface area contributed by atoms with E-state index in [-0.39, 0.29) is 0 Å². The number of hydrogen-bond acceptors (Lipinski definition) is 2. The van der Waals surface area contributed by atoms with E-state index in [1.54, 1.807) is 0 Å². The lowest BCUT2D eigenvalue weighted by Gasteiger charge is -2.27. The van der Waals surface area contributed by atoms with Crippen LogP contribution in [0.3, 0.4) is 0 Å². The van der Waals surface area contributed by atoms with Crippen molar-refractivity contribution in [3.8, 4) is 55.6 Å². The first-order valence-electron chi connectivity index (χ1n) is 21.9. The largest absolute Gasteiger partial charge is 0.310 e. The van der Waals surface area contributed by atoms with Crippen LogP contribution in [-0.2, 0) is 0 Å². The molecule has 0 aliphatic carbocycles. The van der Waals surface area contributed by atoms with E-state index < -0.39 is 0 Å². The van der Waals surface area contributed by atoms with Gasteiger partial charge >= 0.3 is 0 Å². The minimum absolute atomic E-state index is 1.09. The summed E-state index contributed by atoms with van der Waals surface area (Å²) in [7, 11) is 0. The van der Waals surface area contributed by atoms with Gasteiger partial charge in [0.1, 0.15) is 0 Å². The topological polar surface area (TPSA) is 3.24 Å². The quantitative estimate of drug-likeness (QED) is 0.138. The van der Waals surface area contributed by atoms with Gasteiger partial charge < -0.3 is 4.90 Å². The highest BCUT2D eigenvalue weighted by atomic mass is 32.1. The van der Waals surface area contributed by atoms with Crippen LogP contribution >= 0.6 is 11.3 Å². The Morgan fingerprint density at radius 1 is 0.219 bits per heavy atom. The molecule has 0 saturated heterocycles. The standard InChI is InChI=1S/C62H41NS/c1-5-18-42(19-6-1)48-36-49(43-20-7-2-8-21-43)39-52(38-48)63(51-33-35-60-57(41-51)55-29-15-16-31-59(55)64-60)50-27-17-26-46(37-50)47-32-34-54-53-28-13-14-30-56(53)61(44-22-9-3-10-23-44)62(58(54)40-47)45-24-11-4-12-25-45/h1-41H. The van der Waals surface area contributed by atoms with Crippen LogP contribution in [0.25, 0.3) is 97.4 Å². The monoisotopic (exact) mass is 831 g/mol. The summed E-state index contributed by atoms with van der Waals surface area (Å²) >= 11 is 1.85. The zero-order valence-corrected chi connectivity index (χ0v) is 35.8. The third-order valence-corrected chi connectivity index (χ3v) is 13.7. The molecule has 12 aromatic rings. The molecule has 0 fully saturated rings. The van der Waals surface area contributed by atoms with Crippen molar-refractivity contribution >= 4 is 70.1 Å². The molecular formula is C62H41NS. The number of fused-ring (bicyclic) bond motifs is 6. The van der Waals surface area contributed by atoms with E-state index in [2.05, 4.69) is 254 Å². The highest BCUT2D eigenvalue weighted by molar-refractivity contribution is 7.25. The molecule has 0 spiro atoms. The van der Waals surface area contributed by atoms with Gasteiger partial charge in [-0.3, -0.25) is 0 Å². The van der Waals surface area contributed by atoms with Gasteiger partial charge in [0.25, 0.3) is 0 Å². The van der Waals surface area contributed by atoms with Crippen molar-refractivity contribution in [1.29, 1.82) is 0 Å². The lowest BCUT2D eigenvalue weighted by Crippen LogP contribution is -2.10. The first-order valence-corrected chi connectivity index (χ1v) is 22.7. The maximum absolute atomic E-state index is 2.45. The molecule has 0 N–H and O–H groups in total. The molecule has 0 amide bonds. The maximum Gasteiger partial charge on any atom is 0.0473 e. The van der Waals surface area contributed by atoms with Crippen LogP contribution in [0.4, 0.5) is 17.1 Å². The second-order valence-electron chi connectivity index (χ2n) is 16.5.